The second kappa shape index (κ2) is 10.7. The maximum atomic E-state index is 4.93. The quantitative estimate of drug-likeness (QED) is 0.209. The van der Waals surface area contributed by atoms with E-state index in [0.29, 0.717) is 23.2 Å². The highest BCUT2D eigenvalue weighted by molar-refractivity contribution is 6.13. The fraction of sp³-hybridized carbons (Fsp3) is 0.0256. The molecule has 44 heavy (non-hydrogen) atoms. The molecule has 0 aliphatic heterocycles. The molecule has 208 valence electrons. The lowest BCUT2D eigenvalue weighted by Crippen LogP contribution is -2.02. The van der Waals surface area contributed by atoms with E-state index in [-0.39, 0.29) is 0 Å². The zero-order chi connectivity index (χ0) is 29.5. The number of rotatable bonds is 5. The Labute approximate surface area is 255 Å². The van der Waals surface area contributed by atoms with Crippen molar-refractivity contribution in [3.05, 3.63) is 151 Å². The Bertz CT molecular complexity index is 2200. The smallest absolute Gasteiger partial charge is 0.182 e. The lowest BCUT2D eigenvalue weighted by Gasteiger charge is -2.12. The van der Waals surface area contributed by atoms with Crippen molar-refractivity contribution in [3.8, 4) is 51.1 Å². The molecule has 5 heteroatoms. The monoisotopic (exact) mass is 565 g/mol. The molecule has 0 atom stereocenters. The number of nitrogens with zero attached hydrogens (tertiary/aromatic N) is 5. The number of fused-ring (bicyclic) bond motifs is 3. The maximum Gasteiger partial charge on any atom is 0.182 e. The Balaban J connectivity index is 1.29. The van der Waals surface area contributed by atoms with Crippen LogP contribution in [-0.2, 0) is 0 Å². The van der Waals surface area contributed by atoms with E-state index in [1.807, 2.05) is 72.9 Å². The van der Waals surface area contributed by atoms with Crippen molar-refractivity contribution in [2.24, 2.45) is 0 Å². The van der Waals surface area contributed by atoms with Gasteiger partial charge in [-0.3, -0.25) is 4.98 Å². The molecule has 0 amide bonds. The normalized spacial score (nSPS) is 11.3. The van der Waals surface area contributed by atoms with Gasteiger partial charge in [0.2, 0.25) is 0 Å². The second-order valence-corrected chi connectivity index (χ2v) is 10.9. The third-order valence-electron chi connectivity index (χ3n) is 7.99. The molecule has 0 saturated heterocycles. The lowest BCUT2D eigenvalue weighted by atomic mass is 10.0. The zero-order valence-electron chi connectivity index (χ0n) is 24.1. The van der Waals surface area contributed by atoms with Crippen LogP contribution in [-0.4, -0.2) is 24.5 Å². The van der Waals surface area contributed by atoms with Crippen LogP contribution >= 0.6 is 0 Å². The van der Waals surface area contributed by atoms with Crippen molar-refractivity contribution in [2.45, 2.75) is 6.92 Å². The number of hydrogen-bond acceptors (Lipinski definition) is 4. The average Bonchev–Trinajstić information content (AvgIpc) is 3.44. The van der Waals surface area contributed by atoms with Gasteiger partial charge in [0.25, 0.3) is 0 Å². The highest BCUT2D eigenvalue weighted by Gasteiger charge is 2.18. The van der Waals surface area contributed by atoms with Gasteiger partial charge < -0.3 is 4.57 Å². The van der Waals surface area contributed by atoms with Gasteiger partial charge in [0.1, 0.15) is 5.69 Å². The van der Waals surface area contributed by atoms with Crippen molar-refractivity contribution < 1.29 is 0 Å². The summed E-state index contributed by atoms with van der Waals surface area (Å²) in [6.07, 6.45) is 1.92. The summed E-state index contributed by atoms with van der Waals surface area (Å²) in [7, 11) is 0. The molecular weight excluding hydrogens is 538 g/mol. The molecular formula is C39H27N5. The molecule has 3 heterocycles. The van der Waals surface area contributed by atoms with Crippen molar-refractivity contribution in [1.82, 2.24) is 24.5 Å². The molecule has 0 bridgehead atoms. The minimum absolute atomic E-state index is 0.534. The Morgan fingerprint density at radius 1 is 0.477 bits per heavy atom. The Hall–Kier alpha value is -5.94. The van der Waals surface area contributed by atoms with Gasteiger partial charge in [0, 0.05) is 27.5 Å². The molecule has 0 aliphatic carbocycles. The molecule has 5 nitrogen and oxygen atoms in total. The van der Waals surface area contributed by atoms with E-state index in [1.54, 1.807) is 0 Å². The van der Waals surface area contributed by atoms with Gasteiger partial charge in [-0.15, -0.1) is 0 Å². The van der Waals surface area contributed by atoms with Crippen LogP contribution in [0.2, 0.25) is 0 Å². The number of hydrogen-bond donors (Lipinski definition) is 0. The van der Waals surface area contributed by atoms with Gasteiger partial charge in [-0.1, -0.05) is 127 Å². The molecule has 3 aromatic heterocycles. The fourth-order valence-corrected chi connectivity index (χ4v) is 5.83. The molecule has 0 fully saturated rings. The molecule has 8 aromatic rings. The Kier molecular flexibility index (Phi) is 6.27. The number of benzene rings is 5. The van der Waals surface area contributed by atoms with Crippen molar-refractivity contribution in [2.75, 3.05) is 0 Å². The van der Waals surface area contributed by atoms with Crippen LogP contribution in [0.4, 0.5) is 0 Å². The summed E-state index contributed by atoms with van der Waals surface area (Å²) < 4.78 is 2.31. The summed E-state index contributed by atoms with van der Waals surface area (Å²) in [5.41, 5.74) is 9.41. The minimum atomic E-state index is 0.534. The summed E-state index contributed by atoms with van der Waals surface area (Å²) in [6.45, 7) is 2.12. The first-order valence-corrected chi connectivity index (χ1v) is 14.7. The average molecular weight is 566 g/mol. The van der Waals surface area contributed by atoms with Crippen LogP contribution in [0.25, 0.3) is 72.9 Å². The highest BCUT2D eigenvalue weighted by atomic mass is 15.1. The Morgan fingerprint density at radius 3 is 1.75 bits per heavy atom. The summed E-state index contributed by atoms with van der Waals surface area (Å²) in [6, 6.07) is 47.9. The SMILES string of the molecule is Cc1ccc(-c2cccc3c4ccccc4n(-c4ccc(-c5nc(-c6ccccc6)nc(-c6ccccc6)n5)nc4)c23)cc1. The van der Waals surface area contributed by atoms with Gasteiger partial charge in [-0.2, -0.15) is 0 Å². The van der Waals surface area contributed by atoms with Crippen molar-refractivity contribution in [3.63, 3.8) is 0 Å². The molecule has 0 saturated carbocycles. The first-order chi connectivity index (χ1) is 21.7. The molecule has 0 N–H and O–H groups in total. The predicted octanol–water partition coefficient (Wildman–Crippen LogP) is 9.34. The van der Waals surface area contributed by atoms with E-state index in [2.05, 4.69) is 84.3 Å². The fourth-order valence-electron chi connectivity index (χ4n) is 5.83. The van der Waals surface area contributed by atoms with Crippen LogP contribution in [0.5, 0.6) is 0 Å². The number of para-hydroxylation sites is 2. The van der Waals surface area contributed by atoms with E-state index < -0.39 is 0 Å². The van der Waals surface area contributed by atoms with E-state index in [0.717, 1.165) is 27.8 Å². The van der Waals surface area contributed by atoms with Gasteiger partial charge in [0.05, 0.1) is 22.9 Å². The summed E-state index contributed by atoms with van der Waals surface area (Å²) in [5.74, 6) is 1.77. The van der Waals surface area contributed by atoms with Crippen molar-refractivity contribution in [1.29, 1.82) is 0 Å². The third-order valence-corrected chi connectivity index (χ3v) is 7.99. The summed E-state index contributed by atoms with van der Waals surface area (Å²) in [4.78, 5) is 19.5. The topological polar surface area (TPSA) is 56.5 Å². The van der Waals surface area contributed by atoms with E-state index in [4.69, 9.17) is 19.9 Å². The minimum Gasteiger partial charge on any atom is -0.307 e. The van der Waals surface area contributed by atoms with Crippen LogP contribution in [0.3, 0.4) is 0 Å². The van der Waals surface area contributed by atoms with Crippen LogP contribution in [0.1, 0.15) is 5.56 Å². The third kappa shape index (κ3) is 4.52. The molecule has 0 spiro atoms. The van der Waals surface area contributed by atoms with Crippen LogP contribution in [0, 0.1) is 6.92 Å². The number of aromatic nitrogens is 5. The molecule has 0 unspecified atom stereocenters. The van der Waals surface area contributed by atoms with E-state index >= 15 is 0 Å². The first-order valence-electron chi connectivity index (χ1n) is 14.7. The highest BCUT2D eigenvalue weighted by Crippen LogP contribution is 2.38. The second-order valence-electron chi connectivity index (χ2n) is 10.9. The van der Waals surface area contributed by atoms with Crippen LogP contribution < -0.4 is 0 Å². The molecule has 5 aromatic carbocycles. The number of pyridine rings is 1. The van der Waals surface area contributed by atoms with Gasteiger partial charge in [0.15, 0.2) is 17.5 Å². The molecule has 8 rings (SSSR count). The largest absolute Gasteiger partial charge is 0.307 e. The van der Waals surface area contributed by atoms with Crippen molar-refractivity contribution >= 4 is 21.8 Å². The predicted molar refractivity (Wildman–Crippen MR) is 178 cm³/mol. The maximum absolute atomic E-state index is 4.93. The van der Waals surface area contributed by atoms with Gasteiger partial charge in [-0.25, -0.2) is 15.0 Å². The van der Waals surface area contributed by atoms with E-state index in [9.17, 15) is 0 Å². The van der Waals surface area contributed by atoms with E-state index in [1.165, 1.54) is 27.5 Å². The zero-order valence-corrected chi connectivity index (χ0v) is 24.1. The number of aryl methyl sites for hydroxylation is 1. The standard InChI is InChI=1S/C39H27N5/c1-26-19-21-27(22-20-26)31-16-10-17-33-32-15-8-9-18-35(32)44(36(31)33)30-23-24-34(40-25-30)39-42-37(28-11-4-2-5-12-28)41-38(43-39)29-13-6-3-7-14-29/h2-25H,1H3. The molecule has 0 radical (unpaired) electrons. The van der Waals surface area contributed by atoms with Gasteiger partial charge >= 0.3 is 0 Å². The lowest BCUT2D eigenvalue weighted by molar-refractivity contribution is 1.05. The Morgan fingerprint density at radius 2 is 1.09 bits per heavy atom. The molecule has 0 aliphatic rings. The van der Waals surface area contributed by atoms with Crippen LogP contribution in [0.15, 0.2) is 146 Å². The summed E-state index contributed by atoms with van der Waals surface area (Å²) >= 11 is 0. The van der Waals surface area contributed by atoms with Gasteiger partial charge in [-0.05, 0) is 30.7 Å². The summed E-state index contributed by atoms with van der Waals surface area (Å²) in [5, 5.41) is 2.42. The first kappa shape index (κ1) is 25.7.